The number of ether oxygens (including phenoxy) is 2. The highest BCUT2D eigenvalue weighted by Crippen LogP contribution is 2.24. The van der Waals surface area contributed by atoms with E-state index in [1.807, 2.05) is 0 Å². The van der Waals surface area contributed by atoms with Crippen molar-refractivity contribution in [3.8, 4) is 5.75 Å². The minimum absolute atomic E-state index is 0.0705. The second-order valence-corrected chi connectivity index (χ2v) is 7.80. The molecule has 0 amide bonds. The molecule has 0 aliphatic heterocycles. The van der Waals surface area contributed by atoms with Crippen molar-refractivity contribution >= 4 is 31.7 Å². The van der Waals surface area contributed by atoms with E-state index in [0.717, 1.165) is 6.26 Å². The Balaban J connectivity index is 2.19. The van der Waals surface area contributed by atoms with Crippen LogP contribution in [0, 0.1) is 0 Å². The van der Waals surface area contributed by atoms with Crippen molar-refractivity contribution in [2.24, 2.45) is 7.05 Å². The van der Waals surface area contributed by atoms with Gasteiger partial charge in [0.05, 0.1) is 16.0 Å². The van der Waals surface area contributed by atoms with Gasteiger partial charge in [0, 0.05) is 13.3 Å². The zero-order chi connectivity index (χ0) is 17.9. The Morgan fingerprint density at radius 2 is 2.08 bits per heavy atom. The highest BCUT2D eigenvalue weighted by molar-refractivity contribution is 9.10. The van der Waals surface area contributed by atoms with E-state index in [0.29, 0.717) is 21.6 Å². The maximum Gasteiger partial charge on any atom is 0.357 e. The van der Waals surface area contributed by atoms with Crippen LogP contribution in [0.3, 0.4) is 0 Å². The molecule has 130 valence electrons. The van der Waals surface area contributed by atoms with Gasteiger partial charge in [0.25, 0.3) is 0 Å². The summed E-state index contributed by atoms with van der Waals surface area (Å²) in [5.41, 5.74) is 0.797. The number of carbonyl (C=O) groups is 1. The lowest BCUT2D eigenvalue weighted by atomic mass is 10.3. The van der Waals surface area contributed by atoms with Crippen LogP contribution in [0.1, 0.15) is 23.1 Å². The van der Waals surface area contributed by atoms with Gasteiger partial charge in [-0.05, 0) is 41.1 Å². The van der Waals surface area contributed by atoms with Crippen LogP contribution < -0.4 is 4.74 Å². The minimum atomic E-state index is -3.31. The highest BCUT2D eigenvalue weighted by Gasteiger charge is 2.21. The third kappa shape index (κ3) is 4.15. The fourth-order valence-corrected chi connectivity index (χ4v) is 3.28. The van der Waals surface area contributed by atoms with E-state index in [4.69, 9.17) is 9.47 Å². The summed E-state index contributed by atoms with van der Waals surface area (Å²) in [4.78, 5) is 12.1. The SMILES string of the molecule is CCOC(=O)c1c(Br)c(COc2cccc(S(C)(=O)=O)c2)nn1C. The molecule has 2 rings (SSSR count). The number of aromatic nitrogens is 2. The van der Waals surface area contributed by atoms with Crippen LogP contribution in [0.5, 0.6) is 5.75 Å². The van der Waals surface area contributed by atoms with Crippen LogP contribution in [0.25, 0.3) is 0 Å². The number of rotatable bonds is 6. The van der Waals surface area contributed by atoms with Crippen molar-refractivity contribution < 1.29 is 22.7 Å². The van der Waals surface area contributed by atoms with E-state index in [1.54, 1.807) is 26.1 Å². The summed E-state index contributed by atoms with van der Waals surface area (Å²) in [6.07, 6.45) is 1.13. The molecule has 1 aromatic heterocycles. The Hall–Kier alpha value is -1.87. The number of hydrogen-bond donors (Lipinski definition) is 0. The molecule has 0 radical (unpaired) electrons. The average molecular weight is 417 g/mol. The fraction of sp³-hybridized carbons (Fsp3) is 0.333. The number of sulfone groups is 1. The molecule has 7 nitrogen and oxygen atoms in total. The lowest BCUT2D eigenvalue weighted by Crippen LogP contribution is -2.10. The molecular weight excluding hydrogens is 400 g/mol. The Morgan fingerprint density at radius 1 is 1.38 bits per heavy atom. The van der Waals surface area contributed by atoms with Crippen LogP contribution in [-0.2, 0) is 28.2 Å². The summed E-state index contributed by atoms with van der Waals surface area (Å²) in [5, 5.41) is 4.23. The molecule has 0 saturated carbocycles. The van der Waals surface area contributed by atoms with Crippen LogP contribution in [0.4, 0.5) is 0 Å². The van der Waals surface area contributed by atoms with Crippen LogP contribution in [0.2, 0.25) is 0 Å². The molecular formula is C15H17BrN2O5S. The predicted octanol–water partition coefficient (Wildman–Crippen LogP) is 2.34. The van der Waals surface area contributed by atoms with Gasteiger partial charge in [-0.3, -0.25) is 4.68 Å². The highest BCUT2D eigenvalue weighted by atomic mass is 79.9. The minimum Gasteiger partial charge on any atom is -0.487 e. The topological polar surface area (TPSA) is 87.5 Å². The first-order valence-corrected chi connectivity index (χ1v) is 9.74. The molecule has 0 aliphatic carbocycles. The Kier molecular flexibility index (Phi) is 5.66. The van der Waals surface area contributed by atoms with E-state index >= 15 is 0 Å². The van der Waals surface area contributed by atoms with E-state index in [9.17, 15) is 13.2 Å². The lowest BCUT2D eigenvalue weighted by Gasteiger charge is -2.06. The van der Waals surface area contributed by atoms with Crippen LogP contribution in [-0.4, -0.2) is 37.0 Å². The lowest BCUT2D eigenvalue weighted by molar-refractivity contribution is 0.0512. The summed E-state index contributed by atoms with van der Waals surface area (Å²) < 4.78 is 35.6. The van der Waals surface area contributed by atoms with Crippen molar-refractivity contribution in [1.82, 2.24) is 9.78 Å². The van der Waals surface area contributed by atoms with Crippen molar-refractivity contribution in [3.63, 3.8) is 0 Å². The van der Waals surface area contributed by atoms with E-state index in [-0.39, 0.29) is 18.1 Å². The monoisotopic (exact) mass is 416 g/mol. The van der Waals surface area contributed by atoms with Crippen molar-refractivity contribution in [1.29, 1.82) is 0 Å². The normalized spacial score (nSPS) is 11.3. The molecule has 0 atom stereocenters. The second-order valence-electron chi connectivity index (χ2n) is 4.99. The number of halogens is 1. The average Bonchev–Trinajstić information content (AvgIpc) is 2.79. The van der Waals surface area contributed by atoms with Crippen molar-refractivity contribution in [2.45, 2.75) is 18.4 Å². The van der Waals surface area contributed by atoms with E-state index < -0.39 is 15.8 Å². The van der Waals surface area contributed by atoms with Crippen LogP contribution >= 0.6 is 15.9 Å². The molecule has 0 bridgehead atoms. The Bertz CT molecular complexity index is 861. The molecule has 0 fully saturated rings. The molecule has 0 saturated heterocycles. The summed E-state index contributed by atoms with van der Waals surface area (Å²) >= 11 is 3.33. The number of nitrogens with zero attached hydrogens (tertiary/aromatic N) is 2. The quantitative estimate of drug-likeness (QED) is 0.671. The molecule has 2 aromatic rings. The van der Waals surface area contributed by atoms with Crippen molar-refractivity contribution in [2.75, 3.05) is 12.9 Å². The molecule has 0 spiro atoms. The Morgan fingerprint density at radius 3 is 2.71 bits per heavy atom. The maximum atomic E-state index is 11.9. The first kappa shape index (κ1) is 18.5. The first-order valence-electron chi connectivity index (χ1n) is 7.05. The molecule has 0 N–H and O–H groups in total. The molecule has 0 aliphatic rings. The van der Waals surface area contributed by atoms with Gasteiger partial charge in [0.1, 0.15) is 18.1 Å². The standard InChI is InChI=1S/C15H17BrN2O5S/c1-4-22-15(19)14-13(16)12(17-18(14)2)9-23-10-6-5-7-11(8-10)24(3,20)21/h5-8H,4,9H2,1-3H3. The largest absolute Gasteiger partial charge is 0.487 e. The maximum absolute atomic E-state index is 11.9. The van der Waals surface area contributed by atoms with Gasteiger partial charge in [-0.15, -0.1) is 0 Å². The van der Waals surface area contributed by atoms with Crippen molar-refractivity contribution in [3.05, 3.63) is 40.1 Å². The van der Waals surface area contributed by atoms with Gasteiger partial charge in [0.2, 0.25) is 0 Å². The smallest absolute Gasteiger partial charge is 0.357 e. The van der Waals surface area contributed by atoms with Crippen LogP contribution in [0.15, 0.2) is 33.6 Å². The van der Waals surface area contributed by atoms with Gasteiger partial charge in [-0.25, -0.2) is 13.2 Å². The van der Waals surface area contributed by atoms with E-state index in [1.165, 1.54) is 16.8 Å². The van der Waals surface area contributed by atoms with Gasteiger partial charge in [0.15, 0.2) is 15.5 Å². The number of aryl methyl sites for hydroxylation is 1. The second kappa shape index (κ2) is 7.35. The van der Waals surface area contributed by atoms with Gasteiger partial charge < -0.3 is 9.47 Å². The first-order chi connectivity index (χ1) is 11.2. The molecule has 1 aromatic carbocycles. The number of esters is 1. The predicted molar refractivity (Wildman–Crippen MR) is 90.7 cm³/mol. The third-order valence-corrected chi connectivity index (χ3v) is 5.08. The van der Waals surface area contributed by atoms with E-state index in [2.05, 4.69) is 21.0 Å². The summed E-state index contributed by atoms with van der Waals surface area (Å²) in [7, 11) is -1.68. The number of benzene rings is 1. The molecule has 0 unspecified atom stereocenters. The Labute approximate surface area is 148 Å². The fourth-order valence-electron chi connectivity index (χ4n) is 2.01. The third-order valence-electron chi connectivity index (χ3n) is 3.13. The molecule has 9 heteroatoms. The van der Waals surface area contributed by atoms with Gasteiger partial charge >= 0.3 is 5.97 Å². The van der Waals surface area contributed by atoms with Gasteiger partial charge in [-0.1, -0.05) is 6.07 Å². The summed E-state index contributed by atoms with van der Waals surface area (Å²) in [5.74, 6) is -0.0853. The molecule has 1 heterocycles. The summed E-state index contributed by atoms with van der Waals surface area (Å²) in [6, 6.07) is 6.19. The number of hydrogen-bond acceptors (Lipinski definition) is 6. The number of carbonyl (C=O) groups excluding carboxylic acids is 1. The zero-order valence-corrected chi connectivity index (χ0v) is 15.8. The summed E-state index contributed by atoms with van der Waals surface area (Å²) in [6.45, 7) is 2.06. The van der Waals surface area contributed by atoms with Gasteiger partial charge in [-0.2, -0.15) is 5.10 Å². The zero-order valence-electron chi connectivity index (χ0n) is 13.4. The molecule has 24 heavy (non-hydrogen) atoms.